The molecule has 1 unspecified atom stereocenters. The van der Waals surface area contributed by atoms with Gasteiger partial charge >= 0.3 is 5.97 Å². The largest absolute Gasteiger partial charge is 0.480 e. The van der Waals surface area contributed by atoms with E-state index in [1.54, 1.807) is 0 Å². The fraction of sp³-hybridized carbons (Fsp3) is 0.200. The van der Waals surface area contributed by atoms with Crippen LogP contribution in [-0.2, 0) is 4.79 Å². The molecule has 0 saturated heterocycles. The summed E-state index contributed by atoms with van der Waals surface area (Å²) in [6.07, 6.45) is 2.73. The predicted octanol–water partition coefficient (Wildman–Crippen LogP) is 2.19. The second-order valence-electron chi connectivity index (χ2n) is 3.34. The standard InChI is InChI=1S/C10H10BrN3O4/c1-2-3-8(10(15)16)13-9-7(11)4-6(5-12-9)14(17)18/h2,4-5,8H,1,3H2,(H,12,13)(H,15,16). The van der Waals surface area contributed by atoms with Gasteiger partial charge in [-0.1, -0.05) is 6.08 Å². The first-order valence-electron chi connectivity index (χ1n) is 4.86. The molecule has 0 radical (unpaired) electrons. The molecule has 0 aliphatic rings. The van der Waals surface area contributed by atoms with Crippen LogP contribution in [0.4, 0.5) is 11.5 Å². The SMILES string of the molecule is C=CCC(Nc1ncc([N+](=O)[O-])cc1Br)C(=O)O. The zero-order valence-electron chi connectivity index (χ0n) is 9.17. The monoisotopic (exact) mass is 315 g/mol. The smallest absolute Gasteiger partial charge is 0.326 e. The molecule has 0 aliphatic carbocycles. The molecule has 2 N–H and O–H groups in total. The lowest BCUT2D eigenvalue weighted by Gasteiger charge is -2.13. The summed E-state index contributed by atoms with van der Waals surface area (Å²) >= 11 is 3.10. The summed E-state index contributed by atoms with van der Waals surface area (Å²) in [5, 5.41) is 22.1. The van der Waals surface area contributed by atoms with E-state index in [1.165, 1.54) is 12.1 Å². The Labute approximate surface area is 111 Å². The second kappa shape index (κ2) is 6.10. The first kappa shape index (κ1) is 14.1. The summed E-state index contributed by atoms with van der Waals surface area (Å²) in [5.74, 6) is -0.822. The molecule has 0 bridgehead atoms. The first-order chi connectivity index (χ1) is 8.45. The highest BCUT2D eigenvalue weighted by atomic mass is 79.9. The van der Waals surface area contributed by atoms with Crippen molar-refractivity contribution < 1.29 is 14.8 Å². The molecule has 0 aliphatic heterocycles. The van der Waals surface area contributed by atoms with Crippen LogP contribution in [0.3, 0.4) is 0 Å². The Morgan fingerprint density at radius 1 is 1.78 bits per heavy atom. The maximum Gasteiger partial charge on any atom is 0.326 e. The molecule has 1 atom stereocenters. The van der Waals surface area contributed by atoms with Crippen LogP contribution in [0.15, 0.2) is 29.4 Å². The van der Waals surface area contributed by atoms with Gasteiger partial charge in [0.05, 0.1) is 9.40 Å². The van der Waals surface area contributed by atoms with Gasteiger partial charge in [-0.3, -0.25) is 10.1 Å². The number of nitrogens with one attached hydrogen (secondary N) is 1. The Balaban J connectivity index is 2.93. The van der Waals surface area contributed by atoms with Gasteiger partial charge in [-0.2, -0.15) is 0 Å². The van der Waals surface area contributed by atoms with Crippen molar-refractivity contribution >= 4 is 33.4 Å². The van der Waals surface area contributed by atoms with E-state index in [2.05, 4.69) is 32.8 Å². The second-order valence-corrected chi connectivity index (χ2v) is 4.19. The quantitative estimate of drug-likeness (QED) is 0.473. The molecular weight excluding hydrogens is 306 g/mol. The van der Waals surface area contributed by atoms with E-state index < -0.39 is 16.9 Å². The minimum atomic E-state index is -1.05. The number of aliphatic carboxylic acids is 1. The van der Waals surface area contributed by atoms with Crippen molar-refractivity contribution in [3.8, 4) is 0 Å². The predicted molar refractivity (Wildman–Crippen MR) is 68.5 cm³/mol. The van der Waals surface area contributed by atoms with Gasteiger partial charge in [0.15, 0.2) is 0 Å². The van der Waals surface area contributed by atoms with E-state index in [4.69, 9.17) is 5.11 Å². The number of carboxylic acid groups (broad SMARTS) is 1. The number of rotatable bonds is 6. The number of halogens is 1. The molecule has 1 aromatic rings. The van der Waals surface area contributed by atoms with Gasteiger partial charge < -0.3 is 10.4 Å². The van der Waals surface area contributed by atoms with Gasteiger partial charge in [-0.05, 0) is 22.4 Å². The molecule has 0 aromatic carbocycles. The Hall–Kier alpha value is -1.96. The zero-order chi connectivity index (χ0) is 13.7. The fourth-order valence-corrected chi connectivity index (χ4v) is 1.64. The number of nitro groups is 1. The molecule has 1 heterocycles. The summed E-state index contributed by atoms with van der Waals surface area (Å²) in [5.41, 5.74) is -0.178. The van der Waals surface area contributed by atoms with E-state index in [0.29, 0.717) is 4.47 Å². The maximum atomic E-state index is 10.9. The summed E-state index contributed by atoms with van der Waals surface area (Å²) < 4.78 is 0.326. The molecule has 0 fully saturated rings. The number of carboxylic acids is 1. The highest BCUT2D eigenvalue weighted by Crippen LogP contribution is 2.25. The third kappa shape index (κ3) is 3.52. The van der Waals surface area contributed by atoms with Gasteiger partial charge in [0.2, 0.25) is 0 Å². The van der Waals surface area contributed by atoms with Crippen LogP contribution in [0.5, 0.6) is 0 Å². The number of anilines is 1. The van der Waals surface area contributed by atoms with Gasteiger partial charge in [-0.15, -0.1) is 6.58 Å². The summed E-state index contributed by atoms with van der Waals surface area (Å²) in [7, 11) is 0. The number of hydrogen-bond acceptors (Lipinski definition) is 5. The van der Waals surface area contributed by atoms with Crippen LogP contribution >= 0.6 is 15.9 Å². The van der Waals surface area contributed by atoms with Gasteiger partial charge in [0, 0.05) is 6.07 Å². The van der Waals surface area contributed by atoms with Gasteiger partial charge in [0.25, 0.3) is 5.69 Å². The minimum Gasteiger partial charge on any atom is -0.480 e. The summed E-state index contributed by atoms with van der Waals surface area (Å²) in [6.45, 7) is 3.46. The zero-order valence-corrected chi connectivity index (χ0v) is 10.8. The lowest BCUT2D eigenvalue weighted by molar-refractivity contribution is -0.385. The first-order valence-corrected chi connectivity index (χ1v) is 5.65. The minimum absolute atomic E-state index is 0.178. The molecule has 1 rings (SSSR count). The summed E-state index contributed by atoms with van der Waals surface area (Å²) in [6, 6.07) is 0.370. The van der Waals surface area contributed by atoms with Crippen molar-refractivity contribution in [2.24, 2.45) is 0 Å². The number of aromatic nitrogens is 1. The van der Waals surface area contributed by atoms with E-state index in [0.717, 1.165) is 6.20 Å². The Bertz CT molecular complexity index is 492. The van der Waals surface area contributed by atoms with Crippen molar-refractivity contribution in [3.05, 3.63) is 39.5 Å². The maximum absolute atomic E-state index is 10.9. The van der Waals surface area contributed by atoms with Crippen LogP contribution in [0.2, 0.25) is 0 Å². The molecule has 1 aromatic heterocycles. The highest BCUT2D eigenvalue weighted by Gasteiger charge is 2.18. The Morgan fingerprint density at radius 2 is 2.44 bits per heavy atom. The molecule has 0 spiro atoms. The summed E-state index contributed by atoms with van der Waals surface area (Å²) in [4.78, 5) is 24.7. The molecule has 8 heteroatoms. The molecular formula is C10H10BrN3O4. The molecule has 18 heavy (non-hydrogen) atoms. The van der Waals surface area contributed by atoms with E-state index in [9.17, 15) is 14.9 Å². The number of pyridine rings is 1. The Morgan fingerprint density at radius 3 is 2.89 bits per heavy atom. The van der Waals surface area contributed by atoms with E-state index in [1.807, 2.05) is 0 Å². The van der Waals surface area contributed by atoms with Crippen LogP contribution in [0.1, 0.15) is 6.42 Å². The highest BCUT2D eigenvalue weighted by molar-refractivity contribution is 9.10. The molecule has 0 amide bonds. The third-order valence-electron chi connectivity index (χ3n) is 2.05. The van der Waals surface area contributed by atoms with Crippen molar-refractivity contribution in [2.75, 3.05) is 5.32 Å². The lowest BCUT2D eigenvalue weighted by Crippen LogP contribution is -2.29. The van der Waals surface area contributed by atoms with E-state index in [-0.39, 0.29) is 17.9 Å². The van der Waals surface area contributed by atoms with Crippen molar-refractivity contribution in [3.63, 3.8) is 0 Å². The fourth-order valence-electron chi connectivity index (χ4n) is 1.19. The molecule has 0 saturated carbocycles. The van der Waals surface area contributed by atoms with Crippen molar-refractivity contribution in [1.29, 1.82) is 0 Å². The number of hydrogen-bond donors (Lipinski definition) is 2. The number of nitrogens with zero attached hydrogens (tertiary/aromatic N) is 2. The Kier molecular flexibility index (Phi) is 4.78. The lowest BCUT2D eigenvalue weighted by atomic mass is 10.2. The average molecular weight is 316 g/mol. The van der Waals surface area contributed by atoms with Gasteiger partial charge in [0.1, 0.15) is 18.1 Å². The van der Waals surface area contributed by atoms with Crippen LogP contribution < -0.4 is 5.32 Å². The van der Waals surface area contributed by atoms with Crippen LogP contribution in [0, 0.1) is 10.1 Å². The van der Waals surface area contributed by atoms with E-state index >= 15 is 0 Å². The van der Waals surface area contributed by atoms with Gasteiger partial charge in [-0.25, -0.2) is 9.78 Å². The van der Waals surface area contributed by atoms with Crippen molar-refractivity contribution in [2.45, 2.75) is 12.5 Å². The average Bonchev–Trinajstić information content (AvgIpc) is 2.30. The van der Waals surface area contributed by atoms with Crippen molar-refractivity contribution in [1.82, 2.24) is 4.98 Å². The van der Waals surface area contributed by atoms with Crippen LogP contribution in [-0.4, -0.2) is 27.0 Å². The third-order valence-corrected chi connectivity index (χ3v) is 2.65. The number of carbonyl (C=O) groups is 1. The molecule has 96 valence electrons. The van der Waals surface area contributed by atoms with Crippen LogP contribution in [0.25, 0.3) is 0 Å². The topological polar surface area (TPSA) is 105 Å². The normalized spacial score (nSPS) is 11.6. The molecule has 7 nitrogen and oxygen atoms in total.